The standard InChI is InChI=1S/C18H20N2O2/c19-10-9-15-11-16-7-4-8-17(12-15)20(16)18(21)22-13-14-5-2-1-3-6-14/h1-3,5-6,11,16-17H,4,7-9,12-13H2. The number of hydrogen-bond acceptors (Lipinski definition) is 3. The van der Waals surface area contributed by atoms with Gasteiger partial charge in [-0.3, -0.25) is 4.90 Å². The van der Waals surface area contributed by atoms with Crippen LogP contribution in [0.2, 0.25) is 0 Å². The molecule has 0 saturated carbocycles. The van der Waals surface area contributed by atoms with Gasteiger partial charge in [-0.15, -0.1) is 0 Å². The normalized spacial score (nSPS) is 23.4. The lowest BCUT2D eigenvalue weighted by atomic mass is 9.84. The van der Waals surface area contributed by atoms with E-state index < -0.39 is 0 Å². The molecule has 2 bridgehead atoms. The fourth-order valence-corrected chi connectivity index (χ4v) is 3.43. The Bertz CT molecular complexity index is 603. The minimum atomic E-state index is -0.231. The lowest BCUT2D eigenvalue weighted by molar-refractivity contribution is 0.0481. The van der Waals surface area contributed by atoms with Gasteiger partial charge in [0.2, 0.25) is 0 Å². The van der Waals surface area contributed by atoms with Crippen molar-refractivity contribution in [2.24, 2.45) is 0 Å². The number of rotatable bonds is 3. The van der Waals surface area contributed by atoms with E-state index in [-0.39, 0.29) is 18.2 Å². The van der Waals surface area contributed by atoms with E-state index >= 15 is 0 Å². The van der Waals surface area contributed by atoms with Gasteiger partial charge in [0.05, 0.1) is 18.5 Å². The van der Waals surface area contributed by atoms with E-state index in [1.54, 1.807) is 0 Å². The molecule has 2 heterocycles. The van der Waals surface area contributed by atoms with Crippen LogP contribution < -0.4 is 0 Å². The molecule has 2 aliphatic rings. The van der Waals surface area contributed by atoms with Crippen LogP contribution in [-0.2, 0) is 11.3 Å². The summed E-state index contributed by atoms with van der Waals surface area (Å²) in [6, 6.07) is 12.2. The third kappa shape index (κ3) is 3.14. The Labute approximate surface area is 131 Å². The summed E-state index contributed by atoms with van der Waals surface area (Å²) < 4.78 is 5.49. The van der Waals surface area contributed by atoms with Crippen molar-refractivity contribution in [2.75, 3.05) is 0 Å². The number of piperidine rings is 1. The Morgan fingerprint density at radius 2 is 2.14 bits per heavy atom. The predicted octanol–water partition coefficient (Wildman–Crippen LogP) is 3.79. The minimum Gasteiger partial charge on any atom is -0.445 e. The quantitative estimate of drug-likeness (QED) is 0.797. The zero-order valence-corrected chi connectivity index (χ0v) is 12.6. The molecule has 0 aromatic heterocycles. The summed E-state index contributed by atoms with van der Waals surface area (Å²) in [4.78, 5) is 14.3. The van der Waals surface area contributed by atoms with Crippen LogP contribution in [-0.4, -0.2) is 23.1 Å². The van der Waals surface area contributed by atoms with Crippen molar-refractivity contribution in [3.63, 3.8) is 0 Å². The van der Waals surface area contributed by atoms with Crippen molar-refractivity contribution >= 4 is 6.09 Å². The van der Waals surface area contributed by atoms with Gasteiger partial charge >= 0.3 is 6.09 Å². The van der Waals surface area contributed by atoms with Gasteiger partial charge in [-0.1, -0.05) is 42.0 Å². The first kappa shape index (κ1) is 14.6. The van der Waals surface area contributed by atoms with Crippen molar-refractivity contribution in [2.45, 2.75) is 50.8 Å². The number of hydrogen-bond donors (Lipinski definition) is 0. The van der Waals surface area contributed by atoms with Crippen molar-refractivity contribution in [1.82, 2.24) is 4.90 Å². The van der Waals surface area contributed by atoms with E-state index in [2.05, 4.69) is 12.1 Å². The first-order valence-corrected chi connectivity index (χ1v) is 7.83. The van der Waals surface area contributed by atoms with E-state index in [1.165, 1.54) is 5.57 Å². The Balaban J connectivity index is 1.66. The number of fused-ring (bicyclic) bond motifs is 2. The Kier molecular flexibility index (Phi) is 4.43. The molecule has 0 radical (unpaired) electrons. The number of carbonyl (C=O) groups excluding carboxylic acids is 1. The summed E-state index contributed by atoms with van der Waals surface area (Å²) in [5.74, 6) is 0. The van der Waals surface area contributed by atoms with E-state index in [1.807, 2.05) is 35.2 Å². The van der Waals surface area contributed by atoms with Gasteiger partial charge in [0.25, 0.3) is 0 Å². The molecule has 0 spiro atoms. The van der Waals surface area contributed by atoms with Crippen LogP contribution in [0.25, 0.3) is 0 Å². The van der Waals surface area contributed by atoms with Crippen molar-refractivity contribution in [3.05, 3.63) is 47.5 Å². The number of amides is 1. The van der Waals surface area contributed by atoms with E-state index in [4.69, 9.17) is 10.00 Å². The van der Waals surface area contributed by atoms with Crippen LogP contribution in [0, 0.1) is 11.3 Å². The molecule has 4 nitrogen and oxygen atoms in total. The first-order valence-electron chi connectivity index (χ1n) is 7.83. The maximum atomic E-state index is 12.5. The van der Waals surface area contributed by atoms with E-state index in [0.29, 0.717) is 13.0 Å². The van der Waals surface area contributed by atoms with Crippen molar-refractivity contribution < 1.29 is 9.53 Å². The topological polar surface area (TPSA) is 53.3 Å². The molecular weight excluding hydrogens is 276 g/mol. The number of carbonyl (C=O) groups is 1. The second-order valence-electron chi connectivity index (χ2n) is 5.96. The highest BCUT2D eigenvalue weighted by molar-refractivity contribution is 5.69. The van der Waals surface area contributed by atoms with Crippen LogP contribution in [0.4, 0.5) is 4.79 Å². The molecular formula is C18H20N2O2. The Morgan fingerprint density at radius 3 is 2.86 bits per heavy atom. The molecule has 1 fully saturated rings. The fraction of sp³-hybridized carbons (Fsp3) is 0.444. The molecule has 1 aromatic rings. The maximum absolute atomic E-state index is 12.5. The summed E-state index contributed by atoms with van der Waals surface area (Å²) in [6.07, 6.45) is 6.25. The van der Waals surface area contributed by atoms with Gasteiger partial charge in [0.1, 0.15) is 6.61 Å². The zero-order valence-electron chi connectivity index (χ0n) is 12.6. The van der Waals surface area contributed by atoms with Crippen LogP contribution in [0.15, 0.2) is 42.0 Å². The second-order valence-corrected chi connectivity index (χ2v) is 5.96. The van der Waals surface area contributed by atoms with Gasteiger partial charge in [-0.05, 0) is 31.2 Å². The highest BCUT2D eigenvalue weighted by Gasteiger charge is 2.37. The third-order valence-electron chi connectivity index (χ3n) is 4.44. The summed E-state index contributed by atoms with van der Waals surface area (Å²) in [5, 5.41) is 8.87. The highest BCUT2D eigenvalue weighted by atomic mass is 16.6. The average molecular weight is 296 g/mol. The Hall–Kier alpha value is -2.28. The SMILES string of the molecule is N#CCC1=CC2CCCC(C1)N2C(=O)OCc1ccccc1. The molecule has 3 rings (SSSR count). The smallest absolute Gasteiger partial charge is 0.410 e. The highest BCUT2D eigenvalue weighted by Crippen LogP contribution is 2.34. The molecule has 2 aliphatic heterocycles. The van der Waals surface area contributed by atoms with Gasteiger partial charge in [0, 0.05) is 6.04 Å². The lowest BCUT2D eigenvalue weighted by Crippen LogP contribution is -2.51. The molecule has 2 unspecified atom stereocenters. The zero-order chi connectivity index (χ0) is 15.4. The minimum absolute atomic E-state index is 0.0964. The van der Waals surface area contributed by atoms with Crippen LogP contribution in [0.3, 0.4) is 0 Å². The number of nitrogens with zero attached hydrogens (tertiary/aromatic N) is 2. The van der Waals surface area contributed by atoms with Gasteiger partial charge < -0.3 is 4.74 Å². The summed E-state index contributed by atoms with van der Waals surface area (Å²) in [6.45, 7) is 0.310. The summed E-state index contributed by atoms with van der Waals surface area (Å²) >= 11 is 0. The van der Waals surface area contributed by atoms with Gasteiger partial charge in [-0.25, -0.2) is 4.79 Å². The van der Waals surface area contributed by atoms with Crippen LogP contribution >= 0.6 is 0 Å². The Morgan fingerprint density at radius 1 is 1.32 bits per heavy atom. The van der Waals surface area contributed by atoms with Crippen LogP contribution in [0.1, 0.15) is 37.7 Å². The molecule has 22 heavy (non-hydrogen) atoms. The second kappa shape index (κ2) is 6.65. The largest absolute Gasteiger partial charge is 0.445 e. The molecule has 1 saturated heterocycles. The fourth-order valence-electron chi connectivity index (χ4n) is 3.43. The molecule has 2 atom stereocenters. The van der Waals surface area contributed by atoms with Gasteiger partial charge in [0.15, 0.2) is 0 Å². The summed E-state index contributed by atoms with van der Waals surface area (Å²) in [7, 11) is 0. The van der Waals surface area contributed by atoms with Gasteiger partial charge in [-0.2, -0.15) is 5.26 Å². The van der Waals surface area contributed by atoms with E-state index in [0.717, 1.165) is 31.2 Å². The predicted molar refractivity (Wildman–Crippen MR) is 82.8 cm³/mol. The molecule has 4 heteroatoms. The number of benzene rings is 1. The lowest BCUT2D eigenvalue weighted by Gasteiger charge is -2.44. The monoisotopic (exact) mass is 296 g/mol. The van der Waals surface area contributed by atoms with Crippen LogP contribution in [0.5, 0.6) is 0 Å². The average Bonchev–Trinajstić information content (AvgIpc) is 2.53. The molecule has 1 aromatic carbocycles. The molecule has 0 N–H and O–H groups in total. The molecule has 0 aliphatic carbocycles. The number of ether oxygens (including phenoxy) is 1. The summed E-state index contributed by atoms with van der Waals surface area (Å²) in [5.41, 5.74) is 2.17. The van der Waals surface area contributed by atoms with Crippen molar-refractivity contribution in [3.8, 4) is 6.07 Å². The number of nitriles is 1. The molecule has 114 valence electrons. The maximum Gasteiger partial charge on any atom is 0.410 e. The molecule has 1 amide bonds. The first-order chi connectivity index (χ1) is 10.8. The van der Waals surface area contributed by atoms with E-state index in [9.17, 15) is 4.79 Å². The van der Waals surface area contributed by atoms with Crippen molar-refractivity contribution in [1.29, 1.82) is 5.26 Å². The third-order valence-corrected chi connectivity index (χ3v) is 4.44.